The van der Waals surface area contributed by atoms with E-state index in [0.29, 0.717) is 10.6 Å². The predicted molar refractivity (Wildman–Crippen MR) is 116 cm³/mol. The van der Waals surface area contributed by atoms with Gasteiger partial charge < -0.3 is 10.1 Å². The Balaban J connectivity index is 1.68. The van der Waals surface area contributed by atoms with Crippen LogP contribution in [0.3, 0.4) is 0 Å². The lowest BCUT2D eigenvalue weighted by atomic mass is 10.2. The Hall–Kier alpha value is -1.27. The molecule has 0 aliphatic rings. The first-order valence-electron chi connectivity index (χ1n) is 7.36. The summed E-state index contributed by atoms with van der Waals surface area (Å²) in [5, 5.41) is 9.15. The van der Waals surface area contributed by atoms with Crippen LogP contribution in [0.5, 0.6) is 0 Å². The first kappa shape index (κ1) is 20.5. The molecule has 11 heteroatoms. The molecule has 0 saturated carbocycles. The molecule has 2 aromatic heterocycles. The SMILES string of the molecule is COC(=O)c1ccsc1NC(=O)CSc1snnc1-c1ccc(Br)cc1Br. The second-order valence-corrected chi connectivity index (χ2v) is 9.71. The Morgan fingerprint density at radius 1 is 1.30 bits per heavy atom. The number of carbonyl (C=O) groups excluding carboxylic acids is 2. The topological polar surface area (TPSA) is 81.2 Å². The molecular weight excluding hydrogens is 538 g/mol. The number of nitrogens with one attached hydrogen (secondary N) is 1. The van der Waals surface area contributed by atoms with Gasteiger partial charge in [0.1, 0.15) is 14.9 Å². The van der Waals surface area contributed by atoms with Crippen LogP contribution in [0.1, 0.15) is 10.4 Å². The van der Waals surface area contributed by atoms with Gasteiger partial charge in [0.05, 0.1) is 18.4 Å². The van der Waals surface area contributed by atoms with Gasteiger partial charge in [-0.1, -0.05) is 42.4 Å². The molecule has 0 saturated heterocycles. The fourth-order valence-corrected chi connectivity index (χ4v) is 5.66. The third kappa shape index (κ3) is 4.96. The minimum atomic E-state index is -0.478. The first-order chi connectivity index (χ1) is 13.0. The molecule has 0 radical (unpaired) electrons. The molecule has 0 unspecified atom stereocenters. The van der Waals surface area contributed by atoms with Crippen LogP contribution in [0, 0.1) is 0 Å². The van der Waals surface area contributed by atoms with Gasteiger partial charge in [-0.15, -0.1) is 28.2 Å². The van der Waals surface area contributed by atoms with Crippen molar-refractivity contribution < 1.29 is 14.3 Å². The number of nitrogens with zero attached hydrogens (tertiary/aromatic N) is 2. The normalized spacial score (nSPS) is 10.6. The molecule has 1 aromatic carbocycles. The third-order valence-corrected chi connectivity index (χ3v) is 7.24. The Morgan fingerprint density at radius 2 is 2.11 bits per heavy atom. The predicted octanol–water partition coefficient (Wildman–Crippen LogP) is 5.31. The van der Waals surface area contributed by atoms with Crippen LogP contribution < -0.4 is 5.32 Å². The van der Waals surface area contributed by atoms with E-state index in [1.54, 1.807) is 11.4 Å². The minimum Gasteiger partial charge on any atom is -0.465 e. The summed E-state index contributed by atoms with van der Waals surface area (Å²) in [7, 11) is 1.31. The number of thioether (sulfide) groups is 1. The number of anilines is 1. The Morgan fingerprint density at radius 3 is 2.85 bits per heavy atom. The molecule has 0 atom stereocenters. The summed E-state index contributed by atoms with van der Waals surface area (Å²) < 4.78 is 11.4. The van der Waals surface area contributed by atoms with Gasteiger partial charge in [0.25, 0.3) is 0 Å². The van der Waals surface area contributed by atoms with E-state index in [2.05, 4.69) is 46.8 Å². The number of hydrogen-bond acceptors (Lipinski definition) is 8. The van der Waals surface area contributed by atoms with E-state index in [0.717, 1.165) is 24.4 Å². The van der Waals surface area contributed by atoms with Gasteiger partial charge in [0.2, 0.25) is 5.91 Å². The first-order valence-corrected chi connectivity index (χ1v) is 11.6. The summed E-state index contributed by atoms with van der Waals surface area (Å²) >= 11 is 10.8. The number of carbonyl (C=O) groups is 2. The van der Waals surface area contributed by atoms with Crippen molar-refractivity contribution in [2.24, 2.45) is 0 Å². The number of ether oxygens (including phenoxy) is 1. The number of benzene rings is 1. The molecule has 0 spiro atoms. The van der Waals surface area contributed by atoms with Crippen molar-refractivity contribution in [1.29, 1.82) is 0 Å². The molecule has 2 heterocycles. The maximum absolute atomic E-state index is 12.3. The van der Waals surface area contributed by atoms with Crippen molar-refractivity contribution >= 4 is 83.4 Å². The maximum Gasteiger partial charge on any atom is 0.340 e. The summed E-state index contributed by atoms with van der Waals surface area (Å²) in [5.41, 5.74) is 1.98. The van der Waals surface area contributed by atoms with Gasteiger partial charge in [0.15, 0.2) is 0 Å². The van der Waals surface area contributed by atoms with Crippen LogP contribution in [0.2, 0.25) is 0 Å². The molecule has 3 aromatic rings. The van der Waals surface area contributed by atoms with E-state index in [4.69, 9.17) is 4.74 Å². The lowest BCUT2D eigenvalue weighted by Gasteiger charge is -2.06. The number of thiophene rings is 1. The van der Waals surface area contributed by atoms with Gasteiger partial charge in [0, 0.05) is 14.5 Å². The number of amides is 1. The van der Waals surface area contributed by atoms with E-state index in [1.807, 2.05) is 18.2 Å². The second-order valence-electron chi connectivity index (χ2n) is 5.03. The summed E-state index contributed by atoms with van der Waals surface area (Å²) in [6.45, 7) is 0. The summed E-state index contributed by atoms with van der Waals surface area (Å²) in [6, 6.07) is 7.41. The highest BCUT2D eigenvalue weighted by Gasteiger charge is 2.18. The zero-order valence-corrected chi connectivity index (χ0v) is 19.3. The molecule has 0 aliphatic heterocycles. The standard InChI is InChI=1S/C16H11Br2N3O3S3/c1-24-15(23)10-4-5-25-14(10)19-12(22)7-26-16-13(20-21-27-16)9-3-2-8(17)6-11(9)18/h2-6H,7H2,1H3,(H,19,22). The summed E-state index contributed by atoms with van der Waals surface area (Å²) in [4.78, 5) is 24.0. The van der Waals surface area contributed by atoms with Crippen molar-refractivity contribution in [1.82, 2.24) is 9.59 Å². The van der Waals surface area contributed by atoms with E-state index < -0.39 is 5.97 Å². The number of methoxy groups -OCH3 is 1. The highest BCUT2D eigenvalue weighted by Crippen LogP contribution is 2.37. The van der Waals surface area contributed by atoms with Crippen LogP contribution in [0.4, 0.5) is 5.00 Å². The molecule has 1 N–H and O–H groups in total. The lowest BCUT2D eigenvalue weighted by molar-refractivity contribution is -0.113. The van der Waals surface area contributed by atoms with E-state index in [1.165, 1.54) is 41.7 Å². The van der Waals surface area contributed by atoms with Crippen molar-refractivity contribution in [3.05, 3.63) is 44.2 Å². The van der Waals surface area contributed by atoms with Crippen molar-refractivity contribution in [3.8, 4) is 11.3 Å². The fraction of sp³-hybridized carbons (Fsp3) is 0.125. The number of halogens is 2. The fourth-order valence-electron chi connectivity index (χ4n) is 2.09. The second kappa shape index (κ2) is 9.28. The van der Waals surface area contributed by atoms with Crippen LogP contribution in [0.15, 0.2) is 42.8 Å². The Kier molecular flexibility index (Phi) is 7.04. The minimum absolute atomic E-state index is 0.170. The summed E-state index contributed by atoms with van der Waals surface area (Å²) in [6.07, 6.45) is 0. The molecule has 27 heavy (non-hydrogen) atoms. The number of esters is 1. The van der Waals surface area contributed by atoms with Gasteiger partial charge in [-0.3, -0.25) is 4.79 Å². The smallest absolute Gasteiger partial charge is 0.340 e. The Labute approximate surface area is 184 Å². The van der Waals surface area contributed by atoms with Crippen molar-refractivity contribution in [3.63, 3.8) is 0 Å². The average Bonchev–Trinajstić information content (AvgIpc) is 3.28. The van der Waals surface area contributed by atoms with Crippen molar-refractivity contribution in [2.75, 3.05) is 18.2 Å². The monoisotopic (exact) mass is 547 g/mol. The van der Waals surface area contributed by atoms with Crippen LogP contribution >= 0.6 is 66.5 Å². The third-order valence-electron chi connectivity index (χ3n) is 3.30. The maximum atomic E-state index is 12.3. The lowest BCUT2D eigenvalue weighted by Crippen LogP contribution is -2.15. The number of rotatable bonds is 6. The van der Waals surface area contributed by atoms with Crippen LogP contribution in [-0.4, -0.2) is 34.3 Å². The number of aromatic nitrogens is 2. The van der Waals surface area contributed by atoms with Crippen LogP contribution in [0.25, 0.3) is 11.3 Å². The van der Waals surface area contributed by atoms with E-state index in [9.17, 15) is 9.59 Å². The van der Waals surface area contributed by atoms with E-state index in [-0.39, 0.29) is 11.7 Å². The zero-order chi connectivity index (χ0) is 19.4. The van der Waals surface area contributed by atoms with Crippen molar-refractivity contribution in [2.45, 2.75) is 4.21 Å². The molecule has 0 fully saturated rings. The largest absolute Gasteiger partial charge is 0.465 e. The Bertz CT molecular complexity index is 990. The van der Waals surface area contributed by atoms with Gasteiger partial charge in [-0.2, -0.15) is 0 Å². The van der Waals surface area contributed by atoms with Gasteiger partial charge >= 0.3 is 5.97 Å². The molecule has 0 bridgehead atoms. The molecule has 6 nitrogen and oxygen atoms in total. The molecule has 3 rings (SSSR count). The highest BCUT2D eigenvalue weighted by atomic mass is 79.9. The highest BCUT2D eigenvalue weighted by molar-refractivity contribution is 9.11. The van der Waals surface area contributed by atoms with Gasteiger partial charge in [-0.25, -0.2) is 4.79 Å². The molecule has 1 amide bonds. The average molecular weight is 549 g/mol. The van der Waals surface area contributed by atoms with E-state index >= 15 is 0 Å². The molecular formula is C16H11Br2N3O3S3. The molecule has 140 valence electrons. The summed E-state index contributed by atoms with van der Waals surface area (Å²) in [5.74, 6) is -0.529. The molecule has 0 aliphatic carbocycles. The quantitative estimate of drug-likeness (QED) is 0.332. The zero-order valence-electron chi connectivity index (χ0n) is 13.7. The van der Waals surface area contributed by atoms with Gasteiger partial charge in [-0.05, 0) is 35.1 Å². The number of hydrogen-bond donors (Lipinski definition) is 1. The van der Waals surface area contributed by atoms with Crippen LogP contribution in [-0.2, 0) is 9.53 Å².